The average Bonchev–Trinajstić information content (AvgIpc) is 2.45. The van der Waals surface area contributed by atoms with Gasteiger partial charge in [-0.25, -0.2) is 4.98 Å². The molecule has 0 amide bonds. The maximum Gasteiger partial charge on any atom is 0.312 e. The highest BCUT2D eigenvalue weighted by Gasteiger charge is 2.30. The lowest BCUT2D eigenvalue weighted by molar-refractivity contribution is -0.384. The van der Waals surface area contributed by atoms with Gasteiger partial charge in [-0.2, -0.15) is 0 Å². The molecule has 6 nitrogen and oxygen atoms in total. The van der Waals surface area contributed by atoms with Gasteiger partial charge in [-0.15, -0.1) is 0 Å². The predicted molar refractivity (Wildman–Crippen MR) is 89.0 cm³/mol. The molecule has 0 aliphatic heterocycles. The molecule has 1 fully saturated rings. The lowest BCUT2D eigenvalue weighted by atomic mass is 9.91. The highest BCUT2D eigenvalue weighted by molar-refractivity contribution is 9.10. The molecule has 0 bridgehead atoms. The first-order chi connectivity index (χ1) is 10.4. The number of anilines is 1. The van der Waals surface area contributed by atoms with E-state index >= 15 is 0 Å². The number of aliphatic hydroxyl groups is 1. The molecule has 122 valence electrons. The second kappa shape index (κ2) is 7.37. The molecule has 0 saturated heterocycles. The third kappa shape index (κ3) is 4.16. The Kier molecular flexibility index (Phi) is 5.74. The van der Waals surface area contributed by atoms with Crippen LogP contribution in [0, 0.1) is 16.0 Å². The van der Waals surface area contributed by atoms with Crippen molar-refractivity contribution in [1.29, 1.82) is 0 Å². The van der Waals surface area contributed by atoms with Crippen molar-refractivity contribution >= 4 is 27.4 Å². The van der Waals surface area contributed by atoms with Gasteiger partial charge in [0, 0.05) is 29.3 Å². The van der Waals surface area contributed by atoms with Gasteiger partial charge in [0.25, 0.3) is 0 Å². The van der Waals surface area contributed by atoms with Crippen LogP contribution in [0.15, 0.2) is 16.7 Å². The third-order valence-electron chi connectivity index (χ3n) is 3.95. The lowest BCUT2D eigenvalue weighted by Crippen LogP contribution is -2.42. The number of hydrogen-bond acceptors (Lipinski definition) is 5. The summed E-state index contributed by atoms with van der Waals surface area (Å²) in [5, 5.41) is 21.1. The molecule has 7 heteroatoms. The van der Waals surface area contributed by atoms with Crippen molar-refractivity contribution in [3.05, 3.63) is 26.9 Å². The van der Waals surface area contributed by atoms with Gasteiger partial charge in [0.05, 0.1) is 11.0 Å². The summed E-state index contributed by atoms with van der Waals surface area (Å²) < 4.78 is 0.603. The van der Waals surface area contributed by atoms with Gasteiger partial charge in [0.15, 0.2) is 0 Å². The molecule has 0 radical (unpaired) electrons. The van der Waals surface area contributed by atoms with Crippen molar-refractivity contribution in [2.75, 3.05) is 11.4 Å². The van der Waals surface area contributed by atoms with Crippen LogP contribution in [0.25, 0.3) is 0 Å². The Morgan fingerprint density at radius 1 is 1.45 bits per heavy atom. The first-order valence-electron chi connectivity index (χ1n) is 7.63. The highest BCUT2D eigenvalue weighted by atomic mass is 79.9. The van der Waals surface area contributed by atoms with Crippen LogP contribution < -0.4 is 4.90 Å². The van der Waals surface area contributed by atoms with E-state index in [4.69, 9.17) is 0 Å². The van der Waals surface area contributed by atoms with Gasteiger partial charge < -0.3 is 10.0 Å². The first-order valence-corrected chi connectivity index (χ1v) is 8.42. The molecule has 2 rings (SSSR count). The highest BCUT2D eigenvalue weighted by Crippen LogP contribution is 2.34. The molecule has 1 aromatic rings. The molecule has 1 aromatic heterocycles. The van der Waals surface area contributed by atoms with Crippen LogP contribution in [-0.4, -0.2) is 33.7 Å². The van der Waals surface area contributed by atoms with Crippen molar-refractivity contribution in [3.8, 4) is 0 Å². The van der Waals surface area contributed by atoms with Crippen molar-refractivity contribution < 1.29 is 10.0 Å². The molecule has 0 unspecified atom stereocenters. The number of rotatable bonds is 5. The number of aliphatic hydroxyl groups excluding tert-OH is 1. The summed E-state index contributed by atoms with van der Waals surface area (Å²) in [5.74, 6) is 0.806. The molecule has 1 heterocycles. The molecular weight excluding hydrogens is 350 g/mol. The van der Waals surface area contributed by atoms with Crippen LogP contribution in [0.5, 0.6) is 0 Å². The van der Waals surface area contributed by atoms with Gasteiger partial charge in [0.1, 0.15) is 0 Å². The van der Waals surface area contributed by atoms with Gasteiger partial charge in [0.2, 0.25) is 5.82 Å². The number of hydrogen-bond donors (Lipinski definition) is 1. The van der Waals surface area contributed by atoms with Crippen molar-refractivity contribution in [2.45, 2.75) is 51.7 Å². The Hall–Kier alpha value is -1.21. The molecule has 0 atom stereocenters. The molecular formula is C15H22BrN3O3. The number of nitro groups is 1. The van der Waals surface area contributed by atoms with E-state index in [9.17, 15) is 15.2 Å². The summed E-state index contributed by atoms with van der Waals surface area (Å²) >= 11 is 3.25. The van der Waals surface area contributed by atoms with Crippen LogP contribution in [0.2, 0.25) is 0 Å². The number of halogens is 1. The molecule has 0 aromatic carbocycles. The van der Waals surface area contributed by atoms with E-state index in [2.05, 4.69) is 39.7 Å². The number of nitrogens with zero attached hydrogens (tertiary/aromatic N) is 3. The summed E-state index contributed by atoms with van der Waals surface area (Å²) in [6.07, 6.45) is 4.51. The minimum absolute atomic E-state index is 0.0288. The third-order valence-corrected chi connectivity index (χ3v) is 4.39. The number of aromatic nitrogens is 1. The Balaban J connectivity index is 2.35. The summed E-state index contributed by atoms with van der Waals surface area (Å²) in [6, 6.07) is 1.70. The Labute approximate surface area is 138 Å². The van der Waals surface area contributed by atoms with Gasteiger partial charge >= 0.3 is 5.69 Å². The predicted octanol–water partition coefficient (Wildman–Crippen LogP) is 3.52. The van der Waals surface area contributed by atoms with E-state index in [0.29, 0.717) is 16.2 Å². The normalized spacial score (nSPS) is 21.9. The van der Waals surface area contributed by atoms with E-state index in [0.717, 1.165) is 32.2 Å². The lowest BCUT2D eigenvalue weighted by Gasteiger charge is -2.37. The summed E-state index contributed by atoms with van der Waals surface area (Å²) in [7, 11) is 0. The summed E-state index contributed by atoms with van der Waals surface area (Å²) in [4.78, 5) is 17.4. The fourth-order valence-corrected chi connectivity index (χ4v) is 3.27. The zero-order valence-electron chi connectivity index (χ0n) is 12.9. The van der Waals surface area contributed by atoms with E-state index in [1.807, 2.05) is 0 Å². The van der Waals surface area contributed by atoms with Crippen molar-refractivity contribution in [3.63, 3.8) is 0 Å². The van der Waals surface area contributed by atoms with Gasteiger partial charge in [-0.05, 0) is 47.5 Å². The summed E-state index contributed by atoms with van der Waals surface area (Å²) in [5.41, 5.74) is 0.0288. The molecule has 0 spiro atoms. The second-order valence-corrected chi connectivity index (χ2v) is 7.18. The Morgan fingerprint density at radius 2 is 2.09 bits per heavy atom. The quantitative estimate of drug-likeness (QED) is 0.632. The molecule has 22 heavy (non-hydrogen) atoms. The van der Waals surface area contributed by atoms with E-state index in [-0.39, 0.29) is 22.8 Å². The Morgan fingerprint density at radius 3 is 2.64 bits per heavy atom. The standard InChI is InChI=1S/C15H22BrN3O3/c1-10(2)9-18(12-3-5-13(20)6-4-12)15-14(19(21)22)7-11(16)8-17-15/h7-8,10,12-13,20H,3-6,9H2,1-2H3. The van der Waals surface area contributed by atoms with Crippen LogP contribution in [-0.2, 0) is 0 Å². The Bertz CT molecular complexity index is 531. The van der Waals surface area contributed by atoms with E-state index < -0.39 is 0 Å². The SMILES string of the molecule is CC(C)CN(c1ncc(Br)cc1[N+](=O)[O-])C1CCC(O)CC1. The zero-order chi connectivity index (χ0) is 16.3. The largest absolute Gasteiger partial charge is 0.393 e. The van der Waals surface area contributed by atoms with Gasteiger partial charge in [-0.1, -0.05) is 13.8 Å². The maximum atomic E-state index is 11.4. The number of pyridine rings is 1. The van der Waals surface area contributed by atoms with Crippen LogP contribution in [0.4, 0.5) is 11.5 Å². The monoisotopic (exact) mass is 371 g/mol. The maximum absolute atomic E-state index is 11.4. The molecule has 1 saturated carbocycles. The van der Waals surface area contributed by atoms with Crippen molar-refractivity contribution in [1.82, 2.24) is 4.98 Å². The molecule has 1 N–H and O–H groups in total. The topological polar surface area (TPSA) is 79.5 Å². The van der Waals surface area contributed by atoms with Crippen LogP contribution in [0.1, 0.15) is 39.5 Å². The summed E-state index contributed by atoms with van der Waals surface area (Å²) in [6.45, 7) is 4.90. The first kappa shape index (κ1) is 17.1. The minimum Gasteiger partial charge on any atom is -0.393 e. The van der Waals surface area contributed by atoms with E-state index in [1.165, 1.54) is 6.07 Å². The molecule has 1 aliphatic rings. The second-order valence-electron chi connectivity index (χ2n) is 6.26. The smallest absolute Gasteiger partial charge is 0.312 e. The average molecular weight is 372 g/mol. The fraction of sp³-hybridized carbons (Fsp3) is 0.667. The van der Waals surface area contributed by atoms with Crippen LogP contribution in [0.3, 0.4) is 0 Å². The van der Waals surface area contributed by atoms with Crippen LogP contribution >= 0.6 is 15.9 Å². The zero-order valence-corrected chi connectivity index (χ0v) is 14.5. The van der Waals surface area contributed by atoms with E-state index in [1.54, 1.807) is 6.20 Å². The van der Waals surface area contributed by atoms with Gasteiger partial charge in [-0.3, -0.25) is 10.1 Å². The molecule has 1 aliphatic carbocycles. The minimum atomic E-state index is -0.377. The fourth-order valence-electron chi connectivity index (χ4n) is 2.95. The van der Waals surface area contributed by atoms with Crippen molar-refractivity contribution in [2.24, 2.45) is 5.92 Å².